The summed E-state index contributed by atoms with van der Waals surface area (Å²) < 4.78 is 1.74. The number of benzene rings is 1. The lowest BCUT2D eigenvalue weighted by molar-refractivity contribution is 0.791. The average Bonchev–Trinajstić information content (AvgIpc) is 3.02. The molecular formula is C15H12N4O. The largest absolute Gasteiger partial charge is 0.346 e. The van der Waals surface area contributed by atoms with Crippen LogP contribution in [0.5, 0.6) is 0 Å². The summed E-state index contributed by atoms with van der Waals surface area (Å²) in [5.41, 5.74) is 3.57. The third kappa shape index (κ3) is 1.56. The van der Waals surface area contributed by atoms with Crippen LogP contribution < -0.4 is 5.69 Å². The molecule has 5 heteroatoms. The number of hydrogen-bond donors (Lipinski definition) is 2. The Labute approximate surface area is 113 Å². The van der Waals surface area contributed by atoms with Crippen LogP contribution >= 0.6 is 0 Å². The van der Waals surface area contributed by atoms with Crippen LogP contribution in [0.25, 0.3) is 22.1 Å². The van der Waals surface area contributed by atoms with Crippen LogP contribution in [-0.4, -0.2) is 19.5 Å². The van der Waals surface area contributed by atoms with Crippen molar-refractivity contribution in [2.45, 2.75) is 6.54 Å². The van der Waals surface area contributed by atoms with E-state index in [0.29, 0.717) is 6.54 Å². The van der Waals surface area contributed by atoms with E-state index >= 15 is 0 Å². The zero-order valence-electron chi connectivity index (χ0n) is 10.6. The molecule has 0 aliphatic carbocycles. The van der Waals surface area contributed by atoms with Crippen molar-refractivity contribution < 1.29 is 0 Å². The van der Waals surface area contributed by atoms with Crippen LogP contribution in [0.4, 0.5) is 0 Å². The van der Waals surface area contributed by atoms with Crippen molar-refractivity contribution in [3.63, 3.8) is 0 Å². The maximum atomic E-state index is 12.1. The molecule has 20 heavy (non-hydrogen) atoms. The van der Waals surface area contributed by atoms with Crippen molar-refractivity contribution in [2.75, 3.05) is 0 Å². The van der Waals surface area contributed by atoms with Gasteiger partial charge in [0.05, 0.1) is 17.6 Å². The molecule has 3 aromatic heterocycles. The first-order valence-electron chi connectivity index (χ1n) is 6.41. The van der Waals surface area contributed by atoms with Gasteiger partial charge in [-0.3, -0.25) is 4.57 Å². The van der Waals surface area contributed by atoms with Gasteiger partial charge in [0.25, 0.3) is 0 Å². The van der Waals surface area contributed by atoms with Gasteiger partial charge in [-0.2, -0.15) is 0 Å². The maximum Gasteiger partial charge on any atom is 0.326 e. The van der Waals surface area contributed by atoms with E-state index in [1.165, 1.54) is 0 Å². The van der Waals surface area contributed by atoms with Crippen molar-refractivity contribution >= 4 is 22.1 Å². The van der Waals surface area contributed by atoms with Gasteiger partial charge in [0.1, 0.15) is 5.65 Å². The van der Waals surface area contributed by atoms with Gasteiger partial charge in [0.2, 0.25) is 0 Å². The molecular weight excluding hydrogens is 252 g/mol. The predicted octanol–water partition coefficient (Wildman–Crippen LogP) is 2.25. The Morgan fingerprint density at radius 2 is 2.05 bits per heavy atom. The Morgan fingerprint density at radius 3 is 3.00 bits per heavy atom. The molecule has 0 spiro atoms. The van der Waals surface area contributed by atoms with E-state index in [1.807, 2.05) is 42.6 Å². The fraction of sp³-hybridized carbons (Fsp3) is 0.0667. The summed E-state index contributed by atoms with van der Waals surface area (Å²) in [6.45, 7) is 0.522. The van der Waals surface area contributed by atoms with Crippen molar-refractivity contribution in [1.29, 1.82) is 0 Å². The lowest BCUT2D eigenvalue weighted by Gasteiger charge is -2.02. The van der Waals surface area contributed by atoms with Gasteiger partial charge < -0.3 is 9.97 Å². The second-order valence-corrected chi connectivity index (χ2v) is 4.75. The number of rotatable bonds is 2. The van der Waals surface area contributed by atoms with Crippen LogP contribution in [0.2, 0.25) is 0 Å². The summed E-state index contributed by atoms with van der Waals surface area (Å²) >= 11 is 0. The summed E-state index contributed by atoms with van der Waals surface area (Å²) in [4.78, 5) is 22.3. The molecule has 0 amide bonds. The number of nitrogens with one attached hydrogen (secondary N) is 2. The average molecular weight is 264 g/mol. The van der Waals surface area contributed by atoms with Crippen molar-refractivity contribution in [1.82, 2.24) is 19.5 Å². The first-order valence-corrected chi connectivity index (χ1v) is 6.41. The first-order chi connectivity index (χ1) is 9.83. The lowest BCUT2D eigenvalue weighted by atomic mass is 10.2. The molecule has 3 heterocycles. The molecule has 2 N–H and O–H groups in total. The Bertz CT molecular complexity index is 960. The third-order valence-electron chi connectivity index (χ3n) is 3.55. The van der Waals surface area contributed by atoms with Gasteiger partial charge in [0.15, 0.2) is 0 Å². The highest BCUT2D eigenvalue weighted by Gasteiger charge is 2.09. The van der Waals surface area contributed by atoms with E-state index in [9.17, 15) is 4.79 Å². The molecule has 98 valence electrons. The van der Waals surface area contributed by atoms with Gasteiger partial charge in [-0.1, -0.05) is 12.1 Å². The maximum absolute atomic E-state index is 12.1. The summed E-state index contributed by atoms with van der Waals surface area (Å²) in [7, 11) is 0. The van der Waals surface area contributed by atoms with Gasteiger partial charge in [-0.15, -0.1) is 0 Å². The van der Waals surface area contributed by atoms with Crippen molar-refractivity contribution in [3.05, 3.63) is 64.8 Å². The third-order valence-corrected chi connectivity index (χ3v) is 3.55. The number of pyridine rings is 1. The molecule has 1 aromatic carbocycles. The summed E-state index contributed by atoms with van der Waals surface area (Å²) in [6, 6.07) is 11.6. The van der Waals surface area contributed by atoms with Crippen molar-refractivity contribution in [2.24, 2.45) is 0 Å². The van der Waals surface area contributed by atoms with Gasteiger partial charge in [0, 0.05) is 17.8 Å². The molecule has 0 aliphatic heterocycles. The molecule has 4 rings (SSSR count). The Hall–Kier alpha value is -2.82. The fourth-order valence-electron chi connectivity index (χ4n) is 2.58. The smallest absolute Gasteiger partial charge is 0.326 e. The molecule has 0 aliphatic rings. The van der Waals surface area contributed by atoms with Crippen LogP contribution in [0.3, 0.4) is 0 Å². The molecule has 0 saturated carbocycles. The second kappa shape index (κ2) is 4.09. The molecule has 4 aromatic rings. The Balaban J connectivity index is 1.89. The molecule has 0 bridgehead atoms. The van der Waals surface area contributed by atoms with E-state index in [-0.39, 0.29) is 5.69 Å². The quantitative estimate of drug-likeness (QED) is 0.583. The number of H-pyrrole nitrogens is 2. The minimum absolute atomic E-state index is 0.0931. The standard InChI is InChI=1S/C15H12N4O/c20-15-18-12-5-1-2-6-13(12)19(15)9-10-8-17-14-11(10)4-3-7-16-14/h1-8H,9H2,(H,16,17)(H,18,20). The van der Waals surface area contributed by atoms with Crippen LogP contribution in [0.1, 0.15) is 5.56 Å². The number of hydrogen-bond acceptors (Lipinski definition) is 2. The first kappa shape index (κ1) is 11.0. The van der Waals surface area contributed by atoms with E-state index in [4.69, 9.17) is 0 Å². The van der Waals surface area contributed by atoms with Crippen LogP contribution in [0.15, 0.2) is 53.6 Å². The number of imidazole rings is 1. The minimum atomic E-state index is -0.0931. The van der Waals surface area contributed by atoms with E-state index in [2.05, 4.69) is 15.0 Å². The highest BCUT2D eigenvalue weighted by molar-refractivity contribution is 5.80. The highest BCUT2D eigenvalue weighted by atomic mass is 16.1. The molecule has 0 unspecified atom stereocenters. The summed E-state index contributed by atoms with van der Waals surface area (Å²) in [5, 5.41) is 1.05. The summed E-state index contributed by atoms with van der Waals surface area (Å²) in [5.74, 6) is 0. The van der Waals surface area contributed by atoms with Gasteiger partial charge >= 0.3 is 5.69 Å². The van der Waals surface area contributed by atoms with Gasteiger partial charge in [-0.05, 0) is 29.8 Å². The number of aromatic nitrogens is 4. The SMILES string of the molecule is O=c1[nH]c2ccccc2n1Cc1c[nH]c2ncccc12. The zero-order chi connectivity index (χ0) is 13.5. The van der Waals surface area contributed by atoms with Crippen molar-refractivity contribution in [3.8, 4) is 0 Å². The Morgan fingerprint density at radius 1 is 1.15 bits per heavy atom. The second-order valence-electron chi connectivity index (χ2n) is 4.75. The number of fused-ring (bicyclic) bond motifs is 2. The molecule has 0 saturated heterocycles. The van der Waals surface area contributed by atoms with E-state index in [0.717, 1.165) is 27.6 Å². The topological polar surface area (TPSA) is 66.5 Å². The monoisotopic (exact) mass is 264 g/mol. The number of nitrogens with zero attached hydrogens (tertiary/aromatic N) is 2. The van der Waals surface area contributed by atoms with E-state index < -0.39 is 0 Å². The lowest BCUT2D eigenvalue weighted by Crippen LogP contribution is -2.17. The van der Waals surface area contributed by atoms with Gasteiger partial charge in [-0.25, -0.2) is 9.78 Å². The molecule has 0 atom stereocenters. The molecule has 5 nitrogen and oxygen atoms in total. The van der Waals surface area contributed by atoms with E-state index in [1.54, 1.807) is 10.8 Å². The highest BCUT2D eigenvalue weighted by Crippen LogP contribution is 2.18. The number of aromatic amines is 2. The fourth-order valence-corrected chi connectivity index (χ4v) is 2.58. The number of para-hydroxylation sites is 2. The zero-order valence-corrected chi connectivity index (χ0v) is 10.6. The normalized spacial score (nSPS) is 11.4. The minimum Gasteiger partial charge on any atom is -0.346 e. The predicted molar refractivity (Wildman–Crippen MR) is 77.8 cm³/mol. The Kier molecular flexibility index (Phi) is 2.26. The van der Waals surface area contributed by atoms with Crippen LogP contribution in [0, 0.1) is 0 Å². The van der Waals surface area contributed by atoms with Crippen LogP contribution in [-0.2, 0) is 6.54 Å². The molecule has 0 fully saturated rings. The summed E-state index contributed by atoms with van der Waals surface area (Å²) in [6.07, 6.45) is 3.66. The molecule has 0 radical (unpaired) electrons.